The molecule has 1 aromatic heterocycles. The highest BCUT2D eigenvalue weighted by Crippen LogP contribution is 2.45. The molecule has 0 bridgehead atoms. The lowest BCUT2D eigenvalue weighted by Crippen LogP contribution is -2.52. The molecule has 1 aliphatic heterocycles. The Kier molecular flexibility index (Phi) is 13.4. The smallest absolute Gasteiger partial charge is 0.410 e. The first-order valence-corrected chi connectivity index (χ1v) is 15.5. The van der Waals surface area contributed by atoms with E-state index in [4.69, 9.17) is 16.3 Å². The van der Waals surface area contributed by atoms with Gasteiger partial charge in [-0.2, -0.15) is 8.78 Å². The molecule has 1 atom stereocenters. The highest BCUT2D eigenvalue weighted by atomic mass is 35.5. The van der Waals surface area contributed by atoms with Gasteiger partial charge in [-0.15, -0.1) is 0 Å². The summed E-state index contributed by atoms with van der Waals surface area (Å²) in [5.41, 5.74) is -0.463. The zero-order chi connectivity index (χ0) is 30.8. The van der Waals surface area contributed by atoms with Crippen LogP contribution in [0, 0.1) is 12.8 Å². The first-order chi connectivity index (χ1) is 19.4. The Hall–Kier alpha value is -2.31. The summed E-state index contributed by atoms with van der Waals surface area (Å²) in [6, 6.07) is 8.02. The fraction of sp³-hybridized carbons (Fsp3) is 0.581. The Morgan fingerprint density at radius 2 is 1.80 bits per heavy atom. The van der Waals surface area contributed by atoms with E-state index < -0.39 is 17.4 Å². The standard InChI is InChI=1S/C20H29F2N4O2P.C9H11Cl.C2H6/c1-5-15(14-6-7-14)16-13(2)23-12-24-17(16)25-8-10-26(11-9-25)18(27)28-19(3,4)20(21,22)29;1-2-4-8-5-3-6-9(10)7-8;1-2/h5,12,14H,6-11,29H2,1-4H3;3,5-7H,2,4H2,1H3;1-2H3/b15-5-;;. The number of ether oxygens (including phenoxy) is 1. The molecule has 1 aliphatic carbocycles. The van der Waals surface area contributed by atoms with Crippen LogP contribution < -0.4 is 4.90 Å². The number of allylic oxidation sites excluding steroid dienone is 2. The maximum Gasteiger partial charge on any atom is 0.410 e. The van der Waals surface area contributed by atoms with E-state index >= 15 is 0 Å². The average molecular weight is 611 g/mol. The first-order valence-electron chi connectivity index (χ1n) is 14.5. The molecular formula is C31H46ClF2N4O2P. The summed E-state index contributed by atoms with van der Waals surface area (Å²) >= 11 is 5.78. The summed E-state index contributed by atoms with van der Waals surface area (Å²) in [5.74, 6) is 1.44. The van der Waals surface area contributed by atoms with Gasteiger partial charge in [0.05, 0.1) is 5.69 Å². The zero-order valence-electron chi connectivity index (χ0n) is 25.5. The lowest BCUT2D eigenvalue weighted by atomic mass is 9.99. The van der Waals surface area contributed by atoms with Gasteiger partial charge in [0.2, 0.25) is 0 Å². The molecule has 0 N–H and O–H groups in total. The van der Waals surface area contributed by atoms with Crippen molar-refractivity contribution in [2.45, 2.75) is 85.4 Å². The van der Waals surface area contributed by atoms with Crippen LogP contribution in [0.2, 0.25) is 5.02 Å². The van der Waals surface area contributed by atoms with Crippen molar-refractivity contribution >= 4 is 38.3 Å². The molecule has 2 aliphatic rings. The first kappa shape index (κ1) is 34.9. The fourth-order valence-corrected chi connectivity index (χ4v) is 4.72. The van der Waals surface area contributed by atoms with Crippen molar-refractivity contribution in [1.29, 1.82) is 0 Å². The third-order valence-electron chi connectivity index (χ3n) is 7.04. The molecule has 10 heteroatoms. The molecular weight excluding hydrogens is 565 g/mol. The highest BCUT2D eigenvalue weighted by Gasteiger charge is 2.46. The number of carbonyl (C=O) groups is 1. The molecule has 4 rings (SSSR count). The minimum absolute atomic E-state index is 0.383. The molecule has 1 aromatic carbocycles. The zero-order valence-corrected chi connectivity index (χ0v) is 27.4. The van der Waals surface area contributed by atoms with Crippen LogP contribution in [0.25, 0.3) is 5.57 Å². The van der Waals surface area contributed by atoms with E-state index in [-0.39, 0.29) is 0 Å². The number of rotatable bonds is 7. The Labute approximate surface area is 252 Å². The van der Waals surface area contributed by atoms with Crippen molar-refractivity contribution in [2.24, 2.45) is 5.92 Å². The van der Waals surface area contributed by atoms with E-state index in [2.05, 4.69) is 33.9 Å². The van der Waals surface area contributed by atoms with E-state index in [1.54, 1.807) is 6.33 Å². The minimum Gasteiger partial charge on any atom is -0.437 e. The van der Waals surface area contributed by atoms with Crippen LogP contribution in [0.5, 0.6) is 0 Å². The Bertz CT molecular complexity index is 1160. The number of anilines is 1. The molecule has 6 nitrogen and oxygen atoms in total. The van der Waals surface area contributed by atoms with Gasteiger partial charge >= 0.3 is 6.09 Å². The van der Waals surface area contributed by atoms with Gasteiger partial charge < -0.3 is 14.5 Å². The van der Waals surface area contributed by atoms with Gasteiger partial charge in [-0.05, 0) is 76.1 Å². The van der Waals surface area contributed by atoms with Crippen LogP contribution in [-0.4, -0.2) is 58.4 Å². The predicted molar refractivity (Wildman–Crippen MR) is 169 cm³/mol. The monoisotopic (exact) mass is 610 g/mol. The molecule has 41 heavy (non-hydrogen) atoms. The Morgan fingerprint density at radius 1 is 1.17 bits per heavy atom. The van der Waals surface area contributed by atoms with E-state index in [0.29, 0.717) is 32.1 Å². The molecule has 1 saturated carbocycles. The second-order valence-corrected chi connectivity index (χ2v) is 11.7. The normalized spacial score (nSPS) is 15.8. The topological polar surface area (TPSA) is 58.6 Å². The Balaban J connectivity index is 0.000000410. The molecule has 1 unspecified atom stereocenters. The number of hydrogen-bond acceptors (Lipinski definition) is 5. The van der Waals surface area contributed by atoms with Gasteiger partial charge in [0.1, 0.15) is 12.1 Å². The van der Waals surface area contributed by atoms with Crippen LogP contribution in [0.3, 0.4) is 0 Å². The average Bonchev–Trinajstić information content (AvgIpc) is 3.76. The number of aryl methyl sites for hydroxylation is 2. The van der Waals surface area contributed by atoms with Gasteiger partial charge in [-0.1, -0.05) is 66.2 Å². The molecule has 1 saturated heterocycles. The van der Waals surface area contributed by atoms with Crippen LogP contribution in [-0.2, 0) is 11.2 Å². The quantitative estimate of drug-likeness (QED) is 0.295. The van der Waals surface area contributed by atoms with Crippen molar-refractivity contribution in [3.8, 4) is 0 Å². The molecule has 228 valence electrons. The number of hydrogen-bond donors (Lipinski definition) is 0. The summed E-state index contributed by atoms with van der Waals surface area (Å²) in [6.45, 7) is 14.5. The van der Waals surface area contributed by atoms with Crippen molar-refractivity contribution in [1.82, 2.24) is 14.9 Å². The SMILES string of the molecule is C/C=C(\c1c(C)ncnc1N1CCN(C(=O)OC(C)(C)C(F)(F)P)CC1)C1CC1.CC.CCCc1cccc(Cl)c1. The molecule has 2 heterocycles. The second-order valence-electron chi connectivity index (χ2n) is 10.5. The molecule has 2 aromatic rings. The molecule has 0 radical (unpaired) electrons. The third-order valence-corrected chi connectivity index (χ3v) is 7.97. The number of halogens is 3. The van der Waals surface area contributed by atoms with Crippen molar-refractivity contribution in [3.05, 3.63) is 58.5 Å². The summed E-state index contributed by atoms with van der Waals surface area (Å²) in [4.78, 5) is 24.9. The van der Waals surface area contributed by atoms with Crippen LogP contribution >= 0.6 is 20.8 Å². The number of amides is 1. The maximum absolute atomic E-state index is 13.6. The van der Waals surface area contributed by atoms with Crippen LogP contribution in [0.4, 0.5) is 19.4 Å². The fourth-order valence-electron chi connectivity index (χ4n) is 4.45. The number of carbonyl (C=O) groups excluding carboxylic acids is 1. The number of alkyl halides is 2. The number of piperazine rings is 1. The number of nitrogens with zero attached hydrogens (tertiary/aromatic N) is 4. The summed E-state index contributed by atoms with van der Waals surface area (Å²) in [7, 11) is 1.44. The van der Waals surface area contributed by atoms with E-state index in [9.17, 15) is 13.6 Å². The van der Waals surface area contributed by atoms with E-state index in [1.165, 1.54) is 58.4 Å². The van der Waals surface area contributed by atoms with Crippen molar-refractivity contribution in [2.75, 3.05) is 31.1 Å². The molecule has 2 fully saturated rings. The minimum atomic E-state index is -3.20. The lowest BCUT2D eigenvalue weighted by molar-refractivity contribution is -0.109. The van der Waals surface area contributed by atoms with Gasteiger partial charge in [0.25, 0.3) is 5.66 Å². The number of aromatic nitrogens is 2. The highest BCUT2D eigenvalue weighted by molar-refractivity contribution is 7.18. The predicted octanol–water partition coefficient (Wildman–Crippen LogP) is 8.42. The van der Waals surface area contributed by atoms with Gasteiger partial charge in [0, 0.05) is 36.8 Å². The molecule has 1 amide bonds. The van der Waals surface area contributed by atoms with Gasteiger partial charge in [0.15, 0.2) is 5.60 Å². The summed E-state index contributed by atoms with van der Waals surface area (Å²) in [5, 5.41) is 0.839. The Morgan fingerprint density at radius 3 is 2.32 bits per heavy atom. The summed E-state index contributed by atoms with van der Waals surface area (Å²) in [6.07, 6.45) is 7.67. The van der Waals surface area contributed by atoms with E-state index in [1.807, 2.05) is 45.9 Å². The van der Waals surface area contributed by atoms with Crippen LogP contribution in [0.15, 0.2) is 36.7 Å². The molecule has 0 spiro atoms. The largest absolute Gasteiger partial charge is 0.437 e. The van der Waals surface area contributed by atoms with Crippen LogP contribution in [0.1, 0.15) is 77.6 Å². The van der Waals surface area contributed by atoms with Crippen molar-refractivity contribution in [3.63, 3.8) is 0 Å². The van der Waals surface area contributed by atoms with Crippen molar-refractivity contribution < 1.29 is 18.3 Å². The lowest BCUT2D eigenvalue weighted by Gasteiger charge is -2.38. The summed E-state index contributed by atoms with van der Waals surface area (Å²) < 4.78 is 32.3. The van der Waals surface area contributed by atoms with Gasteiger partial charge in [-0.3, -0.25) is 0 Å². The van der Waals surface area contributed by atoms with Gasteiger partial charge in [-0.25, -0.2) is 14.8 Å². The number of benzene rings is 1. The maximum atomic E-state index is 13.6. The van der Waals surface area contributed by atoms with E-state index in [0.717, 1.165) is 28.5 Å². The third kappa shape index (κ3) is 9.89. The second kappa shape index (κ2) is 15.8.